The van der Waals surface area contributed by atoms with Crippen LogP contribution in [0.2, 0.25) is 10.0 Å². The van der Waals surface area contributed by atoms with Gasteiger partial charge in [0, 0.05) is 23.9 Å². The van der Waals surface area contributed by atoms with Crippen molar-refractivity contribution in [2.45, 2.75) is 25.8 Å². The van der Waals surface area contributed by atoms with E-state index in [0.717, 1.165) is 30.9 Å². The van der Waals surface area contributed by atoms with Gasteiger partial charge in [-0.15, -0.1) is 0 Å². The van der Waals surface area contributed by atoms with E-state index in [1.54, 1.807) is 18.7 Å². The molecule has 0 saturated carbocycles. The first kappa shape index (κ1) is 17.5. The molecule has 1 aliphatic heterocycles. The molecule has 0 unspecified atom stereocenters. The van der Waals surface area contributed by atoms with E-state index in [-0.39, 0.29) is 5.49 Å². The van der Waals surface area contributed by atoms with E-state index < -0.39 is 0 Å². The summed E-state index contributed by atoms with van der Waals surface area (Å²) in [5, 5.41) is 12.5. The van der Waals surface area contributed by atoms with E-state index in [4.69, 9.17) is 33.6 Å². The lowest BCUT2D eigenvalue weighted by Crippen LogP contribution is -2.34. The quantitative estimate of drug-likeness (QED) is 0.639. The molecule has 0 bridgehead atoms. The summed E-state index contributed by atoms with van der Waals surface area (Å²) in [6.45, 7) is 4.57. The lowest BCUT2D eigenvalue weighted by molar-refractivity contribution is 0.340. The zero-order valence-electron chi connectivity index (χ0n) is 14.3. The molecule has 9 heteroatoms. The summed E-state index contributed by atoms with van der Waals surface area (Å²) in [6.07, 6.45) is 5.76. The van der Waals surface area contributed by atoms with Crippen molar-refractivity contribution in [3.05, 3.63) is 45.6 Å². The van der Waals surface area contributed by atoms with Crippen LogP contribution in [0, 0.1) is 11.3 Å². The first-order chi connectivity index (χ1) is 12.5. The van der Waals surface area contributed by atoms with Crippen LogP contribution in [-0.4, -0.2) is 37.6 Å². The second-order valence-corrected chi connectivity index (χ2v) is 7.51. The molecule has 1 aliphatic rings. The fourth-order valence-corrected chi connectivity index (χ4v) is 3.96. The SMILES string of the molecule is C[C@@H]1CNCC[C@@H]1c1nc2c([nH]1)c(=N)ncn2Cc1c(Cl)cncc1Cl. The van der Waals surface area contributed by atoms with Gasteiger partial charge in [0.2, 0.25) is 0 Å². The molecule has 1 saturated heterocycles. The van der Waals surface area contributed by atoms with Gasteiger partial charge in [0.25, 0.3) is 0 Å². The number of hydrogen-bond acceptors (Lipinski definition) is 5. The van der Waals surface area contributed by atoms with Crippen molar-refractivity contribution in [2.24, 2.45) is 5.92 Å². The Kier molecular flexibility index (Phi) is 4.69. The molecule has 0 radical (unpaired) electrons. The fraction of sp³-hybridized carbons (Fsp3) is 0.412. The van der Waals surface area contributed by atoms with Crippen molar-refractivity contribution in [1.82, 2.24) is 29.8 Å². The Morgan fingerprint density at radius 3 is 2.81 bits per heavy atom. The Labute approximate surface area is 160 Å². The monoisotopic (exact) mass is 391 g/mol. The minimum atomic E-state index is 0.184. The third-order valence-corrected chi connectivity index (χ3v) is 5.61. The molecule has 3 N–H and O–H groups in total. The van der Waals surface area contributed by atoms with E-state index in [2.05, 4.69) is 27.2 Å². The normalized spacial score (nSPS) is 20.6. The van der Waals surface area contributed by atoms with Crippen molar-refractivity contribution in [3.63, 3.8) is 0 Å². The van der Waals surface area contributed by atoms with Gasteiger partial charge in [-0.2, -0.15) is 0 Å². The molecule has 0 aliphatic carbocycles. The number of hydrogen-bond donors (Lipinski definition) is 3. The van der Waals surface area contributed by atoms with E-state index in [9.17, 15) is 0 Å². The average Bonchev–Trinajstić information content (AvgIpc) is 3.07. The molecule has 0 aromatic carbocycles. The Morgan fingerprint density at radius 2 is 2.08 bits per heavy atom. The Balaban J connectivity index is 1.79. The van der Waals surface area contributed by atoms with Crippen molar-refractivity contribution >= 4 is 34.4 Å². The summed E-state index contributed by atoms with van der Waals surface area (Å²) in [4.78, 5) is 16.3. The van der Waals surface area contributed by atoms with Crippen LogP contribution in [0.15, 0.2) is 18.7 Å². The Bertz CT molecular complexity index is 990. The van der Waals surface area contributed by atoms with E-state index >= 15 is 0 Å². The van der Waals surface area contributed by atoms with Crippen LogP contribution >= 0.6 is 23.2 Å². The third kappa shape index (κ3) is 3.11. The van der Waals surface area contributed by atoms with E-state index in [1.165, 1.54) is 0 Å². The van der Waals surface area contributed by atoms with Crippen molar-refractivity contribution in [1.29, 1.82) is 5.41 Å². The van der Waals surface area contributed by atoms with Gasteiger partial charge in [0.05, 0.1) is 22.9 Å². The van der Waals surface area contributed by atoms with Crippen LogP contribution < -0.4 is 10.8 Å². The van der Waals surface area contributed by atoms with Gasteiger partial charge in [0.15, 0.2) is 11.1 Å². The van der Waals surface area contributed by atoms with Crippen LogP contribution in [0.1, 0.15) is 30.7 Å². The van der Waals surface area contributed by atoms with E-state index in [0.29, 0.717) is 39.6 Å². The summed E-state index contributed by atoms with van der Waals surface area (Å²) in [5.41, 5.74) is 2.27. The number of imidazole rings is 1. The smallest absolute Gasteiger partial charge is 0.173 e. The predicted octanol–water partition coefficient (Wildman–Crippen LogP) is 2.70. The van der Waals surface area contributed by atoms with Gasteiger partial charge >= 0.3 is 0 Å². The average molecular weight is 392 g/mol. The summed E-state index contributed by atoms with van der Waals surface area (Å²) >= 11 is 12.5. The third-order valence-electron chi connectivity index (χ3n) is 4.96. The zero-order valence-corrected chi connectivity index (χ0v) is 15.8. The maximum Gasteiger partial charge on any atom is 0.173 e. The highest BCUT2D eigenvalue weighted by Gasteiger charge is 2.26. The standard InChI is InChI=1S/C17H19Cl2N7/c1-9-4-21-3-2-10(9)16-24-14-15(20)23-8-26(17(14)25-16)7-11-12(18)5-22-6-13(11)19/h5-6,8-10,20-21H,2-4,7H2,1H3,(H,24,25)/t9-,10+/m1/s1. The number of piperidine rings is 1. The lowest BCUT2D eigenvalue weighted by atomic mass is 9.87. The summed E-state index contributed by atoms with van der Waals surface area (Å²) in [5.74, 6) is 1.73. The molecule has 136 valence electrons. The van der Waals surface area contributed by atoms with Crippen molar-refractivity contribution in [3.8, 4) is 0 Å². The van der Waals surface area contributed by atoms with E-state index in [1.807, 2.05) is 4.57 Å². The number of H-pyrrole nitrogens is 1. The highest BCUT2D eigenvalue weighted by Crippen LogP contribution is 2.29. The summed E-state index contributed by atoms with van der Waals surface area (Å²) in [6, 6.07) is 0. The molecule has 4 heterocycles. The predicted molar refractivity (Wildman–Crippen MR) is 100 cm³/mol. The minimum Gasteiger partial charge on any atom is -0.337 e. The molecule has 26 heavy (non-hydrogen) atoms. The number of halogens is 2. The first-order valence-electron chi connectivity index (χ1n) is 8.53. The van der Waals surface area contributed by atoms with Gasteiger partial charge in [-0.1, -0.05) is 30.1 Å². The molecular weight excluding hydrogens is 373 g/mol. The van der Waals surface area contributed by atoms with Gasteiger partial charge in [-0.3, -0.25) is 10.4 Å². The van der Waals surface area contributed by atoms with Crippen LogP contribution in [0.25, 0.3) is 11.2 Å². The van der Waals surface area contributed by atoms with Gasteiger partial charge in [0.1, 0.15) is 11.3 Å². The lowest BCUT2D eigenvalue weighted by Gasteiger charge is -2.27. The summed E-state index contributed by atoms with van der Waals surface area (Å²) in [7, 11) is 0. The first-order valence-corrected chi connectivity index (χ1v) is 9.28. The van der Waals surface area contributed by atoms with Crippen molar-refractivity contribution < 1.29 is 0 Å². The molecule has 0 spiro atoms. The molecule has 3 aromatic rings. The maximum absolute atomic E-state index is 8.13. The number of nitrogens with zero attached hydrogens (tertiary/aromatic N) is 4. The van der Waals surface area contributed by atoms with Crippen molar-refractivity contribution in [2.75, 3.05) is 13.1 Å². The van der Waals surface area contributed by atoms with Crippen LogP contribution in [0.4, 0.5) is 0 Å². The molecule has 2 atom stereocenters. The second kappa shape index (κ2) is 6.98. The number of pyridine rings is 1. The Hall–Kier alpha value is -1.96. The number of nitrogens with one attached hydrogen (secondary N) is 3. The van der Waals surface area contributed by atoms with Gasteiger partial charge < -0.3 is 14.9 Å². The molecule has 1 fully saturated rings. The second-order valence-electron chi connectivity index (χ2n) is 6.70. The molecule has 0 amide bonds. The largest absolute Gasteiger partial charge is 0.337 e. The van der Waals surface area contributed by atoms with Crippen LogP contribution in [0.5, 0.6) is 0 Å². The molecule has 7 nitrogen and oxygen atoms in total. The number of rotatable bonds is 3. The van der Waals surface area contributed by atoms with Gasteiger partial charge in [-0.25, -0.2) is 9.97 Å². The molecule has 4 rings (SSSR count). The zero-order chi connectivity index (χ0) is 18.3. The highest BCUT2D eigenvalue weighted by atomic mass is 35.5. The topological polar surface area (TPSA) is 95.3 Å². The minimum absolute atomic E-state index is 0.184. The molecular formula is C17H19Cl2N7. The highest BCUT2D eigenvalue weighted by molar-refractivity contribution is 6.35. The molecule has 3 aromatic heterocycles. The Morgan fingerprint density at radius 1 is 1.31 bits per heavy atom. The number of aromatic nitrogens is 5. The maximum atomic E-state index is 8.13. The number of aromatic amines is 1. The van der Waals surface area contributed by atoms with Crippen LogP contribution in [-0.2, 0) is 6.54 Å². The van der Waals surface area contributed by atoms with Gasteiger partial charge in [-0.05, 0) is 25.4 Å². The summed E-state index contributed by atoms with van der Waals surface area (Å²) < 4.78 is 1.87. The fourth-order valence-electron chi connectivity index (χ4n) is 3.47. The number of fused-ring (bicyclic) bond motifs is 1. The van der Waals surface area contributed by atoms with Crippen LogP contribution in [0.3, 0.4) is 0 Å².